The monoisotopic (exact) mass is 343 g/mol. The first-order chi connectivity index (χ1) is 10.9. The van der Waals surface area contributed by atoms with E-state index in [4.69, 9.17) is 5.11 Å². The van der Waals surface area contributed by atoms with Crippen molar-refractivity contribution in [3.63, 3.8) is 0 Å². The van der Waals surface area contributed by atoms with E-state index < -0.39 is 14.9 Å². The van der Waals surface area contributed by atoms with E-state index in [1.54, 1.807) is 6.92 Å². The Morgan fingerprint density at radius 2 is 2.00 bits per heavy atom. The summed E-state index contributed by atoms with van der Waals surface area (Å²) in [5.74, 6) is 0. The van der Waals surface area contributed by atoms with Gasteiger partial charge in [0.25, 0.3) is 5.69 Å². The molecule has 0 saturated carbocycles. The van der Waals surface area contributed by atoms with E-state index in [2.05, 4.69) is 5.32 Å². The summed E-state index contributed by atoms with van der Waals surface area (Å²) in [6, 6.07) is 3.44. The molecule has 0 bridgehead atoms. The molecule has 1 aromatic rings. The summed E-state index contributed by atoms with van der Waals surface area (Å²) >= 11 is 0. The summed E-state index contributed by atoms with van der Waals surface area (Å²) in [6.07, 6.45) is 2.60. The van der Waals surface area contributed by atoms with Gasteiger partial charge in [-0.3, -0.25) is 10.1 Å². The van der Waals surface area contributed by atoms with Crippen LogP contribution in [-0.2, 0) is 10.0 Å². The number of hydrogen-bond acceptors (Lipinski definition) is 6. The zero-order valence-electron chi connectivity index (χ0n) is 12.9. The maximum Gasteiger partial charge on any atom is 0.293 e. The van der Waals surface area contributed by atoms with Gasteiger partial charge in [-0.15, -0.1) is 0 Å². The van der Waals surface area contributed by atoms with Crippen molar-refractivity contribution in [3.05, 3.63) is 28.3 Å². The molecule has 2 rings (SSSR count). The highest BCUT2D eigenvalue weighted by atomic mass is 32.2. The van der Waals surface area contributed by atoms with Crippen LogP contribution in [0.1, 0.15) is 26.2 Å². The largest absolute Gasteiger partial charge is 0.394 e. The molecule has 0 aliphatic carbocycles. The predicted molar refractivity (Wildman–Crippen MR) is 85.9 cm³/mol. The SMILES string of the molecule is CC(CO)Nc1ccc(S(=O)(=O)N2CCCCC2)cc1[N+](=O)[O-]. The minimum absolute atomic E-state index is 0.0756. The Morgan fingerprint density at radius 1 is 1.35 bits per heavy atom. The standard InChI is InChI=1S/C14H21N3O5S/c1-11(10-18)15-13-6-5-12(9-14(13)17(19)20)23(21,22)16-7-3-2-4-8-16/h5-6,9,11,15,18H,2-4,7-8,10H2,1H3. The number of nitro benzene ring substituents is 1. The topological polar surface area (TPSA) is 113 Å². The molecule has 9 heteroatoms. The lowest BCUT2D eigenvalue weighted by Gasteiger charge is -2.26. The average molecular weight is 343 g/mol. The Bertz CT molecular complexity index is 671. The van der Waals surface area contributed by atoms with Crippen molar-refractivity contribution in [2.45, 2.75) is 37.1 Å². The highest BCUT2D eigenvalue weighted by Crippen LogP contribution is 2.30. The van der Waals surface area contributed by atoms with Gasteiger partial charge in [-0.2, -0.15) is 4.31 Å². The van der Waals surface area contributed by atoms with Crippen LogP contribution in [0.15, 0.2) is 23.1 Å². The Kier molecular flexibility index (Phi) is 5.55. The van der Waals surface area contributed by atoms with Crippen LogP contribution in [0.5, 0.6) is 0 Å². The van der Waals surface area contributed by atoms with Gasteiger partial charge < -0.3 is 10.4 Å². The normalized spacial score (nSPS) is 17.7. The van der Waals surface area contributed by atoms with Crippen molar-refractivity contribution in [1.29, 1.82) is 0 Å². The number of benzene rings is 1. The van der Waals surface area contributed by atoms with Gasteiger partial charge in [0.15, 0.2) is 0 Å². The van der Waals surface area contributed by atoms with Crippen molar-refractivity contribution in [2.75, 3.05) is 25.0 Å². The van der Waals surface area contributed by atoms with Gasteiger partial charge in [-0.25, -0.2) is 8.42 Å². The molecule has 1 aromatic carbocycles. The molecule has 23 heavy (non-hydrogen) atoms. The lowest BCUT2D eigenvalue weighted by Crippen LogP contribution is -2.35. The zero-order valence-corrected chi connectivity index (χ0v) is 13.8. The lowest BCUT2D eigenvalue weighted by atomic mass is 10.2. The number of hydrogen-bond donors (Lipinski definition) is 2. The van der Waals surface area contributed by atoms with Crippen molar-refractivity contribution in [2.24, 2.45) is 0 Å². The highest BCUT2D eigenvalue weighted by Gasteiger charge is 2.28. The third-order valence-corrected chi connectivity index (χ3v) is 5.69. The summed E-state index contributed by atoms with van der Waals surface area (Å²) in [5.41, 5.74) is -0.127. The van der Waals surface area contributed by atoms with E-state index in [1.165, 1.54) is 16.4 Å². The third-order valence-electron chi connectivity index (χ3n) is 3.79. The van der Waals surface area contributed by atoms with Crippen LogP contribution in [0.4, 0.5) is 11.4 Å². The number of aliphatic hydroxyl groups is 1. The molecule has 1 aliphatic rings. The molecule has 1 atom stereocenters. The first kappa shape index (κ1) is 17.6. The molecule has 1 fully saturated rings. The second-order valence-corrected chi connectivity index (χ2v) is 7.57. The van der Waals surface area contributed by atoms with Crippen LogP contribution in [0, 0.1) is 10.1 Å². The number of rotatable bonds is 6. The number of aliphatic hydroxyl groups excluding tert-OH is 1. The van der Waals surface area contributed by atoms with Crippen molar-refractivity contribution >= 4 is 21.4 Å². The number of nitrogens with zero attached hydrogens (tertiary/aromatic N) is 2. The Morgan fingerprint density at radius 3 is 2.57 bits per heavy atom. The molecule has 1 unspecified atom stereocenters. The first-order valence-corrected chi connectivity index (χ1v) is 8.96. The molecule has 0 spiro atoms. The molecule has 8 nitrogen and oxygen atoms in total. The molecule has 2 N–H and O–H groups in total. The highest BCUT2D eigenvalue weighted by molar-refractivity contribution is 7.89. The molecule has 1 heterocycles. The van der Waals surface area contributed by atoms with Gasteiger partial charge in [0.1, 0.15) is 5.69 Å². The van der Waals surface area contributed by atoms with Crippen LogP contribution in [0.25, 0.3) is 0 Å². The zero-order chi connectivity index (χ0) is 17.0. The van der Waals surface area contributed by atoms with Crippen LogP contribution < -0.4 is 5.32 Å². The summed E-state index contributed by atoms with van der Waals surface area (Å²) in [7, 11) is -3.72. The Balaban J connectivity index is 2.36. The first-order valence-electron chi connectivity index (χ1n) is 7.52. The molecule has 0 aromatic heterocycles. The number of nitro groups is 1. The van der Waals surface area contributed by atoms with Crippen LogP contribution in [0.3, 0.4) is 0 Å². The Labute approximate surface area is 135 Å². The second-order valence-electron chi connectivity index (χ2n) is 5.63. The quantitative estimate of drug-likeness (QED) is 0.599. The van der Waals surface area contributed by atoms with Gasteiger partial charge in [-0.1, -0.05) is 6.42 Å². The number of sulfonamides is 1. The summed E-state index contributed by atoms with van der Waals surface area (Å²) < 4.78 is 26.6. The maximum atomic E-state index is 12.6. The molecular formula is C14H21N3O5S. The van der Waals surface area contributed by atoms with Gasteiger partial charge in [-0.05, 0) is 31.9 Å². The average Bonchev–Trinajstić information content (AvgIpc) is 2.55. The summed E-state index contributed by atoms with van der Waals surface area (Å²) in [5, 5.41) is 23.1. The molecule has 0 radical (unpaired) electrons. The van der Waals surface area contributed by atoms with Crippen LogP contribution >= 0.6 is 0 Å². The molecule has 1 aliphatic heterocycles. The van der Waals surface area contributed by atoms with Crippen molar-refractivity contribution in [1.82, 2.24) is 4.31 Å². The van der Waals surface area contributed by atoms with E-state index in [-0.39, 0.29) is 28.9 Å². The Hall–Kier alpha value is -1.71. The van der Waals surface area contributed by atoms with E-state index in [0.29, 0.717) is 13.1 Å². The minimum atomic E-state index is -3.72. The number of anilines is 1. The predicted octanol–water partition coefficient (Wildman–Crippen LogP) is 1.56. The minimum Gasteiger partial charge on any atom is -0.394 e. The molecule has 1 saturated heterocycles. The van der Waals surface area contributed by atoms with Gasteiger partial charge in [0, 0.05) is 25.2 Å². The fourth-order valence-corrected chi connectivity index (χ4v) is 4.05. The molecule has 0 amide bonds. The van der Waals surface area contributed by atoms with E-state index >= 15 is 0 Å². The third kappa shape index (κ3) is 3.98. The van der Waals surface area contributed by atoms with Crippen LogP contribution in [0.2, 0.25) is 0 Å². The van der Waals surface area contributed by atoms with Gasteiger partial charge in [0.2, 0.25) is 10.0 Å². The smallest absolute Gasteiger partial charge is 0.293 e. The fraction of sp³-hybridized carbons (Fsp3) is 0.571. The van der Waals surface area contributed by atoms with Gasteiger partial charge in [0.05, 0.1) is 16.4 Å². The molecule has 128 valence electrons. The maximum absolute atomic E-state index is 12.6. The van der Waals surface area contributed by atoms with Crippen molar-refractivity contribution < 1.29 is 18.4 Å². The number of nitrogens with one attached hydrogen (secondary N) is 1. The second kappa shape index (κ2) is 7.24. The fourth-order valence-electron chi connectivity index (χ4n) is 2.51. The number of piperidine rings is 1. The molecular weight excluding hydrogens is 322 g/mol. The van der Waals surface area contributed by atoms with E-state index in [9.17, 15) is 18.5 Å². The van der Waals surface area contributed by atoms with E-state index in [1.807, 2.05) is 0 Å². The van der Waals surface area contributed by atoms with Crippen molar-refractivity contribution in [3.8, 4) is 0 Å². The lowest BCUT2D eigenvalue weighted by molar-refractivity contribution is -0.384. The van der Waals surface area contributed by atoms with E-state index in [0.717, 1.165) is 25.3 Å². The summed E-state index contributed by atoms with van der Waals surface area (Å²) in [6.45, 7) is 2.36. The van der Waals surface area contributed by atoms with Gasteiger partial charge >= 0.3 is 0 Å². The summed E-state index contributed by atoms with van der Waals surface area (Å²) in [4.78, 5) is 10.5. The van der Waals surface area contributed by atoms with Crippen LogP contribution in [-0.4, -0.2) is 48.5 Å².